The highest BCUT2D eigenvalue weighted by Crippen LogP contribution is 2.33. The average molecular weight is 376 g/mol. The highest BCUT2D eigenvalue weighted by molar-refractivity contribution is 9.10. The molecule has 0 aliphatic heterocycles. The van der Waals surface area contributed by atoms with Crippen molar-refractivity contribution in [2.75, 3.05) is 0 Å². The predicted octanol–water partition coefficient (Wildman–Crippen LogP) is 2.90. The summed E-state index contributed by atoms with van der Waals surface area (Å²) in [7, 11) is 0. The molecule has 1 aromatic heterocycles. The first-order chi connectivity index (χ1) is 9.82. The number of rotatable bonds is 4. The van der Waals surface area contributed by atoms with E-state index in [1.807, 2.05) is 0 Å². The van der Waals surface area contributed by atoms with Crippen LogP contribution in [-0.4, -0.2) is 25.8 Å². The van der Waals surface area contributed by atoms with Crippen molar-refractivity contribution < 1.29 is 14.3 Å². The third-order valence-electron chi connectivity index (χ3n) is 2.67. The van der Waals surface area contributed by atoms with Crippen LogP contribution >= 0.6 is 27.7 Å². The maximum atomic E-state index is 14.2. The van der Waals surface area contributed by atoms with Gasteiger partial charge in [-0.05, 0) is 53.7 Å². The number of nitrogens with zero attached hydrogens (tertiary/aromatic N) is 2. The van der Waals surface area contributed by atoms with Gasteiger partial charge < -0.3 is 5.11 Å². The summed E-state index contributed by atoms with van der Waals surface area (Å²) in [5.41, 5.74) is -0.547. The van der Waals surface area contributed by atoms with Crippen LogP contribution in [-0.2, 0) is 0 Å². The molecule has 0 bridgehead atoms. The van der Waals surface area contributed by atoms with Crippen LogP contribution < -0.4 is 5.69 Å². The molecule has 9 heteroatoms. The summed E-state index contributed by atoms with van der Waals surface area (Å²) < 4.78 is 15.5. The first-order valence-corrected chi connectivity index (χ1v) is 7.50. The molecule has 112 valence electrons. The lowest BCUT2D eigenvalue weighted by molar-refractivity contribution is 0.0695. The summed E-state index contributed by atoms with van der Waals surface area (Å²) >= 11 is 3.88. The van der Waals surface area contributed by atoms with Crippen LogP contribution in [0.4, 0.5) is 4.39 Å². The van der Waals surface area contributed by atoms with Gasteiger partial charge in [-0.2, -0.15) is 0 Å². The fourth-order valence-electron chi connectivity index (χ4n) is 1.69. The van der Waals surface area contributed by atoms with E-state index in [1.165, 1.54) is 16.7 Å². The molecular formula is C12H11BrFN3O3S. The van der Waals surface area contributed by atoms with E-state index in [1.54, 1.807) is 13.8 Å². The van der Waals surface area contributed by atoms with Gasteiger partial charge in [-0.1, -0.05) is 0 Å². The Morgan fingerprint density at radius 2 is 2.19 bits per heavy atom. The Kier molecular flexibility index (Phi) is 4.52. The molecule has 0 radical (unpaired) electrons. The van der Waals surface area contributed by atoms with Gasteiger partial charge in [-0.25, -0.2) is 19.1 Å². The monoisotopic (exact) mass is 375 g/mol. The van der Waals surface area contributed by atoms with Crippen LogP contribution in [0.2, 0.25) is 0 Å². The van der Waals surface area contributed by atoms with Gasteiger partial charge in [-0.3, -0.25) is 4.57 Å². The van der Waals surface area contributed by atoms with Gasteiger partial charge in [0.15, 0.2) is 11.0 Å². The second kappa shape index (κ2) is 6.02. The van der Waals surface area contributed by atoms with Crippen molar-refractivity contribution >= 4 is 33.7 Å². The topological polar surface area (TPSA) is 88.0 Å². The highest BCUT2D eigenvalue weighted by Gasteiger charge is 2.19. The molecule has 0 amide bonds. The molecule has 0 spiro atoms. The molecule has 2 aromatic rings. The number of aromatic carboxylic acids is 1. The molecule has 0 atom stereocenters. The Bertz CT molecular complexity index is 757. The van der Waals surface area contributed by atoms with Crippen molar-refractivity contribution in [1.82, 2.24) is 14.8 Å². The minimum absolute atomic E-state index is 0.131. The van der Waals surface area contributed by atoms with Crippen LogP contribution in [0.1, 0.15) is 30.2 Å². The summed E-state index contributed by atoms with van der Waals surface area (Å²) in [4.78, 5) is 22.7. The van der Waals surface area contributed by atoms with Crippen molar-refractivity contribution in [3.05, 3.63) is 38.5 Å². The van der Waals surface area contributed by atoms with Gasteiger partial charge >= 0.3 is 11.7 Å². The van der Waals surface area contributed by atoms with Crippen LogP contribution in [0.3, 0.4) is 0 Å². The number of aromatic amines is 1. The molecule has 1 heterocycles. The van der Waals surface area contributed by atoms with Crippen LogP contribution in [0.5, 0.6) is 0 Å². The van der Waals surface area contributed by atoms with E-state index in [9.17, 15) is 14.0 Å². The number of benzene rings is 1. The standard InChI is InChI=1S/C12H11BrFN3O3S/c1-5(2)17-11(20)15-16-12(17)21-7-4-3-6(10(18)19)8(13)9(7)14/h3-5H,1-2H3,(H,15,20)(H,18,19). The number of aromatic nitrogens is 3. The molecule has 0 fully saturated rings. The van der Waals surface area contributed by atoms with Crippen LogP contribution in [0, 0.1) is 5.82 Å². The molecule has 0 unspecified atom stereocenters. The number of carbonyl (C=O) groups is 1. The van der Waals surface area contributed by atoms with E-state index in [4.69, 9.17) is 5.11 Å². The van der Waals surface area contributed by atoms with E-state index in [0.29, 0.717) is 5.16 Å². The summed E-state index contributed by atoms with van der Waals surface area (Å²) in [6.07, 6.45) is 0. The van der Waals surface area contributed by atoms with Crippen molar-refractivity contribution in [2.45, 2.75) is 29.9 Å². The summed E-state index contributed by atoms with van der Waals surface area (Å²) in [6.45, 7) is 3.61. The number of carboxylic acid groups (broad SMARTS) is 1. The first-order valence-electron chi connectivity index (χ1n) is 5.89. The molecule has 21 heavy (non-hydrogen) atoms. The fraction of sp³-hybridized carbons (Fsp3) is 0.250. The number of carboxylic acids is 1. The molecule has 6 nitrogen and oxygen atoms in total. The molecule has 1 aromatic carbocycles. The van der Waals surface area contributed by atoms with Crippen molar-refractivity contribution in [2.24, 2.45) is 0 Å². The summed E-state index contributed by atoms with van der Waals surface area (Å²) in [5, 5.41) is 15.4. The normalized spacial score (nSPS) is 11.1. The second-order valence-corrected chi connectivity index (χ2v) is 6.22. The molecule has 0 aliphatic rings. The van der Waals surface area contributed by atoms with Gasteiger partial charge in [0.05, 0.1) is 14.9 Å². The van der Waals surface area contributed by atoms with Gasteiger partial charge in [0.25, 0.3) is 0 Å². The third-order valence-corrected chi connectivity index (χ3v) is 4.45. The average Bonchev–Trinajstić information content (AvgIpc) is 2.76. The zero-order chi connectivity index (χ0) is 15.7. The number of nitrogens with one attached hydrogen (secondary N) is 1. The number of hydrogen-bond donors (Lipinski definition) is 2. The van der Waals surface area contributed by atoms with Crippen molar-refractivity contribution in [3.8, 4) is 0 Å². The summed E-state index contributed by atoms with van der Waals surface area (Å²) in [5.74, 6) is -1.93. The Hall–Kier alpha value is -1.61. The van der Waals surface area contributed by atoms with E-state index in [2.05, 4.69) is 26.1 Å². The third kappa shape index (κ3) is 3.03. The minimum atomic E-state index is -1.23. The SMILES string of the molecule is CC(C)n1c(Sc2ccc(C(=O)O)c(Br)c2F)n[nH]c1=O. The van der Waals surface area contributed by atoms with Gasteiger partial charge in [0.1, 0.15) is 0 Å². The zero-order valence-electron chi connectivity index (χ0n) is 11.1. The lowest BCUT2D eigenvalue weighted by atomic mass is 10.2. The number of H-pyrrole nitrogens is 1. The Morgan fingerprint density at radius 1 is 1.52 bits per heavy atom. The van der Waals surface area contributed by atoms with Crippen LogP contribution in [0.25, 0.3) is 0 Å². The largest absolute Gasteiger partial charge is 0.478 e. The second-order valence-electron chi connectivity index (χ2n) is 4.42. The van der Waals surface area contributed by atoms with Crippen molar-refractivity contribution in [3.63, 3.8) is 0 Å². The maximum Gasteiger partial charge on any atom is 0.344 e. The van der Waals surface area contributed by atoms with Crippen LogP contribution in [0.15, 0.2) is 31.5 Å². The highest BCUT2D eigenvalue weighted by atomic mass is 79.9. The first kappa shape index (κ1) is 15.8. The predicted molar refractivity (Wildman–Crippen MR) is 78.4 cm³/mol. The fourth-order valence-corrected chi connectivity index (χ4v) is 3.35. The van der Waals surface area contributed by atoms with E-state index < -0.39 is 11.8 Å². The van der Waals surface area contributed by atoms with Gasteiger partial charge in [0, 0.05) is 6.04 Å². The number of halogens is 2. The maximum absolute atomic E-state index is 14.2. The lowest BCUT2D eigenvalue weighted by Crippen LogP contribution is -2.19. The molecular weight excluding hydrogens is 365 g/mol. The molecule has 0 aliphatic carbocycles. The van der Waals surface area contributed by atoms with E-state index >= 15 is 0 Å². The molecule has 2 N–H and O–H groups in total. The zero-order valence-corrected chi connectivity index (χ0v) is 13.5. The Balaban J connectivity index is 2.44. The Morgan fingerprint density at radius 3 is 2.76 bits per heavy atom. The minimum Gasteiger partial charge on any atom is -0.478 e. The smallest absolute Gasteiger partial charge is 0.344 e. The molecule has 2 rings (SSSR count). The Labute approximate surface area is 131 Å². The van der Waals surface area contributed by atoms with E-state index in [-0.39, 0.29) is 26.7 Å². The van der Waals surface area contributed by atoms with Gasteiger partial charge in [-0.15, -0.1) is 5.10 Å². The number of hydrogen-bond acceptors (Lipinski definition) is 4. The van der Waals surface area contributed by atoms with Crippen molar-refractivity contribution in [1.29, 1.82) is 0 Å². The lowest BCUT2D eigenvalue weighted by Gasteiger charge is -2.10. The quantitative estimate of drug-likeness (QED) is 0.857. The van der Waals surface area contributed by atoms with Gasteiger partial charge in [0.2, 0.25) is 0 Å². The molecule has 0 saturated heterocycles. The van der Waals surface area contributed by atoms with E-state index in [0.717, 1.165) is 11.8 Å². The molecule has 0 saturated carbocycles. The summed E-state index contributed by atoms with van der Waals surface area (Å²) in [6, 6.07) is 2.50.